The molecule has 0 fully saturated rings. The van der Waals surface area contributed by atoms with E-state index < -0.39 is 0 Å². The summed E-state index contributed by atoms with van der Waals surface area (Å²) in [5.41, 5.74) is 9.88. The van der Waals surface area contributed by atoms with E-state index in [0.29, 0.717) is 23.7 Å². The minimum atomic E-state index is 0.509. The first-order valence-electron chi connectivity index (χ1n) is 19.0. The Morgan fingerprint density at radius 3 is 1.96 bits per heavy atom. The molecular formula is C52H39N3O2. The largest absolute Gasteiger partial charge is 0.449 e. The molecule has 0 atom stereocenters. The number of benzene rings is 7. The topological polar surface area (TPSA) is 48.1 Å². The van der Waals surface area contributed by atoms with Crippen molar-refractivity contribution in [2.45, 2.75) is 13.5 Å². The van der Waals surface area contributed by atoms with Gasteiger partial charge in [-0.15, -0.1) is 0 Å². The number of rotatable bonds is 10. The molecule has 0 unspecified atom stereocenters. The number of hydrogen-bond donors (Lipinski definition) is 0. The molecule has 5 heteroatoms. The van der Waals surface area contributed by atoms with Crippen LogP contribution in [0.25, 0.3) is 49.4 Å². The third-order valence-electron chi connectivity index (χ3n) is 10.4. The molecule has 0 saturated carbocycles. The van der Waals surface area contributed by atoms with Gasteiger partial charge < -0.3 is 14.0 Å². The van der Waals surface area contributed by atoms with Crippen molar-refractivity contribution < 1.29 is 9.47 Å². The zero-order chi connectivity index (χ0) is 38.7. The highest BCUT2D eigenvalue weighted by Crippen LogP contribution is 2.54. The molecule has 0 saturated heterocycles. The Labute approximate surface area is 332 Å². The minimum absolute atomic E-state index is 0.509. The first-order valence-corrected chi connectivity index (χ1v) is 19.0. The van der Waals surface area contributed by atoms with Crippen LogP contribution in [0.2, 0.25) is 0 Å². The van der Waals surface area contributed by atoms with Gasteiger partial charge in [-0.25, -0.2) is 0 Å². The first kappa shape index (κ1) is 35.2. The molecule has 0 aliphatic carbocycles. The highest BCUT2D eigenvalue weighted by molar-refractivity contribution is 6.25. The van der Waals surface area contributed by atoms with Crippen LogP contribution in [0.4, 0.5) is 0 Å². The summed E-state index contributed by atoms with van der Waals surface area (Å²) in [5, 5.41) is 4.44. The minimum Gasteiger partial charge on any atom is -0.449 e. The van der Waals surface area contributed by atoms with Gasteiger partial charge in [0.15, 0.2) is 23.0 Å². The molecule has 57 heavy (non-hydrogen) atoms. The van der Waals surface area contributed by atoms with Gasteiger partial charge in [-0.3, -0.25) is 9.98 Å². The SMILES string of the molecule is C=CC(=C\C=C/C)/C(=C/C(=NCc1ccc(-c2ccc(-n3c4ccccc4c4c5ccccc5c5c(c43)Oc3ccccc3O5)cc2)cc1)c1ccccc1)N=C. The molecule has 0 amide bonds. The van der Waals surface area contributed by atoms with Crippen molar-refractivity contribution in [2.24, 2.45) is 9.98 Å². The number of ether oxygens (including phenoxy) is 2. The second kappa shape index (κ2) is 15.3. The predicted octanol–water partition coefficient (Wildman–Crippen LogP) is 13.8. The molecule has 1 aliphatic rings. The molecule has 7 aromatic carbocycles. The van der Waals surface area contributed by atoms with Gasteiger partial charge in [-0.05, 0) is 83.3 Å². The summed E-state index contributed by atoms with van der Waals surface area (Å²) in [6.45, 7) is 10.3. The van der Waals surface area contributed by atoms with E-state index >= 15 is 0 Å². The van der Waals surface area contributed by atoms with Crippen LogP contribution in [0.15, 0.2) is 210 Å². The molecule has 5 nitrogen and oxygen atoms in total. The Balaban J connectivity index is 1.06. The summed E-state index contributed by atoms with van der Waals surface area (Å²) in [7, 11) is 0. The lowest BCUT2D eigenvalue weighted by Crippen LogP contribution is -2.03. The highest BCUT2D eigenvalue weighted by Gasteiger charge is 2.29. The van der Waals surface area contributed by atoms with Crippen molar-refractivity contribution in [3.05, 3.63) is 211 Å². The Kier molecular flexibility index (Phi) is 9.47. The Hall–Kier alpha value is -7.50. The third-order valence-corrected chi connectivity index (χ3v) is 10.4. The average Bonchev–Trinajstić information content (AvgIpc) is 3.63. The summed E-state index contributed by atoms with van der Waals surface area (Å²) in [6.07, 6.45) is 9.67. The second-order valence-corrected chi connectivity index (χ2v) is 13.8. The van der Waals surface area contributed by atoms with E-state index in [-0.39, 0.29) is 0 Å². The van der Waals surface area contributed by atoms with Gasteiger partial charge in [-0.2, -0.15) is 0 Å². The van der Waals surface area contributed by atoms with Gasteiger partial charge in [0.05, 0.1) is 23.5 Å². The zero-order valence-corrected chi connectivity index (χ0v) is 31.6. The average molecular weight is 738 g/mol. The molecule has 1 aliphatic heterocycles. The molecule has 9 rings (SSSR count). The normalized spacial score (nSPS) is 13.0. The quantitative estimate of drug-likeness (QED) is 0.104. The van der Waals surface area contributed by atoms with Crippen molar-refractivity contribution in [2.75, 3.05) is 0 Å². The van der Waals surface area contributed by atoms with E-state index in [1.165, 1.54) is 0 Å². The van der Waals surface area contributed by atoms with Gasteiger partial charge in [0, 0.05) is 21.8 Å². The number of allylic oxidation sites excluding steroid dienone is 5. The lowest BCUT2D eigenvalue weighted by Gasteiger charge is -2.24. The molecule has 274 valence electrons. The number of para-hydroxylation sites is 3. The van der Waals surface area contributed by atoms with Crippen LogP contribution in [0.3, 0.4) is 0 Å². The number of fused-ring (bicyclic) bond motifs is 9. The van der Waals surface area contributed by atoms with E-state index in [0.717, 1.165) is 83.3 Å². The number of aliphatic imine (C=N–C) groups is 2. The number of aromatic nitrogens is 1. The molecule has 2 heterocycles. The summed E-state index contributed by atoms with van der Waals surface area (Å²) < 4.78 is 15.6. The van der Waals surface area contributed by atoms with Crippen molar-refractivity contribution in [1.82, 2.24) is 4.57 Å². The maximum absolute atomic E-state index is 6.73. The van der Waals surface area contributed by atoms with Crippen molar-refractivity contribution in [1.29, 1.82) is 0 Å². The van der Waals surface area contributed by atoms with Gasteiger partial charge in [-0.1, -0.05) is 152 Å². The van der Waals surface area contributed by atoms with E-state index in [1.54, 1.807) is 6.08 Å². The molecule has 0 spiro atoms. The van der Waals surface area contributed by atoms with Crippen molar-refractivity contribution in [3.63, 3.8) is 0 Å². The lowest BCUT2D eigenvalue weighted by atomic mass is 10.0. The van der Waals surface area contributed by atoms with Crippen LogP contribution in [0, 0.1) is 0 Å². The van der Waals surface area contributed by atoms with Gasteiger partial charge in [0.1, 0.15) is 5.52 Å². The maximum atomic E-state index is 6.73. The van der Waals surface area contributed by atoms with E-state index in [2.05, 4.69) is 132 Å². The van der Waals surface area contributed by atoms with Crippen molar-refractivity contribution >= 4 is 45.0 Å². The summed E-state index contributed by atoms with van der Waals surface area (Å²) >= 11 is 0. The van der Waals surface area contributed by atoms with Crippen LogP contribution in [-0.4, -0.2) is 17.0 Å². The smallest absolute Gasteiger partial charge is 0.195 e. The van der Waals surface area contributed by atoms with Crippen LogP contribution >= 0.6 is 0 Å². The highest BCUT2D eigenvalue weighted by atomic mass is 16.6. The van der Waals surface area contributed by atoms with Gasteiger partial charge in [0.2, 0.25) is 0 Å². The fourth-order valence-electron chi connectivity index (χ4n) is 7.58. The van der Waals surface area contributed by atoms with E-state index in [9.17, 15) is 0 Å². The predicted molar refractivity (Wildman–Crippen MR) is 238 cm³/mol. The zero-order valence-electron chi connectivity index (χ0n) is 31.6. The Morgan fingerprint density at radius 1 is 0.667 bits per heavy atom. The standard InChI is InChI=1S/C52H39N3O2/c1-4-6-16-36(5-2)44(53-3)33-45(39-17-8-7-9-18-39)54-34-35-25-27-37(28-26-35)38-29-31-40(32-30-38)55-46-22-13-12-21-43(46)49-41-19-10-11-20-42(41)51-52(50(49)55)57-48-24-15-14-23-47(48)56-51/h4-33H,2-3,34H2,1H3/b6-4-,36-16+,44-33-,54-45?. The first-order chi connectivity index (χ1) is 28.1. The molecule has 0 radical (unpaired) electrons. The summed E-state index contributed by atoms with van der Waals surface area (Å²) in [6, 6.07) is 52.3. The van der Waals surface area contributed by atoms with Crippen LogP contribution in [0.5, 0.6) is 23.0 Å². The van der Waals surface area contributed by atoms with Crippen molar-refractivity contribution in [3.8, 4) is 39.8 Å². The monoisotopic (exact) mass is 737 g/mol. The fraction of sp³-hybridized carbons (Fsp3) is 0.0385. The van der Waals surface area contributed by atoms with Crippen LogP contribution < -0.4 is 9.47 Å². The third kappa shape index (κ3) is 6.55. The summed E-state index contributed by atoms with van der Waals surface area (Å²) in [5.74, 6) is 2.86. The Bertz CT molecular complexity index is 2950. The number of hydrogen-bond acceptors (Lipinski definition) is 4. The Morgan fingerprint density at radius 2 is 1.28 bits per heavy atom. The van der Waals surface area contributed by atoms with E-state index in [1.807, 2.05) is 73.7 Å². The second-order valence-electron chi connectivity index (χ2n) is 13.8. The molecular weight excluding hydrogens is 699 g/mol. The van der Waals surface area contributed by atoms with Gasteiger partial charge in [0.25, 0.3) is 0 Å². The van der Waals surface area contributed by atoms with Crippen LogP contribution in [0.1, 0.15) is 18.1 Å². The molecule has 0 N–H and O–H groups in total. The lowest BCUT2D eigenvalue weighted by molar-refractivity contribution is 0.366. The molecule has 8 aromatic rings. The van der Waals surface area contributed by atoms with Crippen LogP contribution in [-0.2, 0) is 6.54 Å². The number of nitrogens with zero attached hydrogens (tertiary/aromatic N) is 3. The van der Waals surface area contributed by atoms with Gasteiger partial charge >= 0.3 is 0 Å². The molecule has 1 aromatic heterocycles. The fourth-order valence-corrected chi connectivity index (χ4v) is 7.58. The maximum Gasteiger partial charge on any atom is 0.195 e. The summed E-state index contributed by atoms with van der Waals surface area (Å²) in [4.78, 5) is 9.37. The van der Waals surface area contributed by atoms with E-state index in [4.69, 9.17) is 14.5 Å². The molecule has 0 bridgehead atoms.